The van der Waals surface area contributed by atoms with Gasteiger partial charge >= 0.3 is 5.97 Å². The van der Waals surface area contributed by atoms with E-state index in [9.17, 15) is 24.6 Å². The summed E-state index contributed by atoms with van der Waals surface area (Å²) in [5, 5.41) is 21.0. The molecule has 0 aromatic heterocycles. The van der Waals surface area contributed by atoms with Gasteiger partial charge in [-0.25, -0.2) is 4.79 Å². The summed E-state index contributed by atoms with van der Waals surface area (Å²) in [6, 6.07) is 18.4. The molecule has 0 saturated carbocycles. The maximum Gasteiger partial charge on any atom is 0.335 e. The van der Waals surface area contributed by atoms with Crippen molar-refractivity contribution in [3.8, 4) is 5.75 Å². The zero-order valence-corrected chi connectivity index (χ0v) is 25.3. The molecule has 4 rings (SSSR count). The van der Waals surface area contributed by atoms with Crippen molar-refractivity contribution in [1.82, 2.24) is 4.90 Å². The molecular weight excluding hydrogens is 530 g/mol. The van der Waals surface area contributed by atoms with E-state index in [2.05, 4.69) is 20.8 Å². The molecule has 1 amide bonds. The van der Waals surface area contributed by atoms with Gasteiger partial charge in [-0.05, 0) is 64.8 Å². The van der Waals surface area contributed by atoms with Gasteiger partial charge in [-0.1, -0.05) is 77.9 Å². The molecule has 1 fully saturated rings. The van der Waals surface area contributed by atoms with Crippen molar-refractivity contribution in [2.75, 3.05) is 6.61 Å². The Bertz CT molecular complexity index is 1540. The molecule has 2 N–H and O–H groups in total. The van der Waals surface area contributed by atoms with Crippen molar-refractivity contribution in [3.63, 3.8) is 0 Å². The number of amides is 1. The van der Waals surface area contributed by atoms with Crippen LogP contribution in [0.5, 0.6) is 5.75 Å². The van der Waals surface area contributed by atoms with Gasteiger partial charge in [0.05, 0.1) is 23.8 Å². The monoisotopic (exact) mass is 569 g/mol. The van der Waals surface area contributed by atoms with Crippen molar-refractivity contribution in [2.24, 2.45) is 0 Å². The summed E-state index contributed by atoms with van der Waals surface area (Å²) < 4.78 is 5.83. The lowest BCUT2D eigenvalue weighted by molar-refractivity contribution is -0.140. The first kappa shape index (κ1) is 30.6. The van der Waals surface area contributed by atoms with Gasteiger partial charge in [0.1, 0.15) is 11.5 Å². The summed E-state index contributed by atoms with van der Waals surface area (Å²) in [7, 11) is 0. The molecule has 0 spiro atoms. The van der Waals surface area contributed by atoms with Crippen LogP contribution in [0.2, 0.25) is 0 Å². The summed E-state index contributed by atoms with van der Waals surface area (Å²) in [5.74, 6) is -2.11. The zero-order chi connectivity index (χ0) is 31.0. The van der Waals surface area contributed by atoms with E-state index in [0.29, 0.717) is 29.0 Å². The number of likely N-dealkylation sites (tertiary alicyclic amines) is 1. The minimum atomic E-state index is -1.05. The van der Waals surface area contributed by atoms with E-state index in [1.165, 1.54) is 17.0 Å². The summed E-state index contributed by atoms with van der Waals surface area (Å²) >= 11 is 0. The maximum absolute atomic E-state index is 13.6. The predicted molar refractivity (Wildman–Crippen MR) is 163 cm³/mol. The number of carbonyl (C=O) groups excluding carboxylic acids is 2. The van der Waals surface area contributed by atoms with Crippen molar-refractivity contribution < 1.29 is 29.3 Å². The summed E-state index contributed by atoms with van der Waals surface area (Å²) in [4.78, 5) is 39.9. The molecule has 1 atom stereocenters. The summed E-state index contributed by atoms with van der Waals surface area (Å²) in [6.07, 6.45) is 0. The number of carbonyl (C=O) groups is 3. The van der Waals surface area contributed by atoms with E-state index >= 15 is 0 Å². The van der Waals surface area contributed by atoms with Crippen LogP contribution in [-0.2, 0) is 27.0 Å². The molecule has 7 heteroatoms. The molecule has 1 saturated heterocycles. The molecule has 1 unspecified atom stereocenters. The Morgan fingerprint density at radius 3 is 1.95 bits per heavy atom. The first-order chi connectivity index (χ1) is 19.6. The molecule has 42 heavy (non-hydrogen) atoms. The van der Waals surface area contributed by atoms with Crippen molar-refractivity contribution in [1.29, 1.82) is 0 Å². The minimum Gasteiger partial charge on any atom is -0.507 e. The van der Waals surface area contributed by atoms with Crippen molar-refractivity contribution in [3.05, 3.63) is 106 Å². The second kappa shape index (κ2) is 11.5. The Morgan fingerprint density at radius 1 is 0.833 bits per heavy atom. The van der Waals surface area contributed by atoms with Crippen molar-refractivity contribution in [2.45, 2.75) is 71.9 Å². The Morgan fingerprint density at radius 2 is 1.43 bits per heavy atom. The Balaban J connectivity index is 1.87. The fourth-order valence-corrected chi connectivity index (χ4v) is 5.20. The third-order valence-electron chi connectivity index (χ3n) is 7.55. The van der Waals surface area contributed by atoms with Gasteiger partial charge in [-0.3, -0.25) is 9.59 Å². The van der Waals surface area contributed by atoms with E-state index in [1.807, 2.05) is 58.0 Å². The van der Waals surface area contributed by atoms with Crippen molar-refractivity contribution >= 4 is 23.4 Å². The Hall–Kier alpha value is -4.39. The van der Waals surface area contributed by atoms with Gasteiger partial charge in [0, 0.05) is 17.7 Å². The first-order valence-corrected chi connectivity index (χ1v) is 14.1. The molecule has 3 aromatic carbocycles. The largest absolute Gasteiger partial charge is 0.507 e. The first-order valence-electron chi connectivity index (χ1n) is 14.1. The van der Waals surface area contributed by atoms with Gasteiger partial charge in [0.2, 0.25) is 0 Å². The van der Waals surface area contributed by atoms with Crippen LogP contribution in [-0.4, -0.2) is 39.4 Å². The van der Waals surface area contributed by atoms with E-state index in [0.717, 1.165) is 11.1 Å². The van der Waals surface area contributed by atoms with Crippen LogP contribution >= 0.6 is 0 Å². The lowest BCUT2D eigenvalue weighted by atomic mass is 9.84. The molecule has 7 nitrogen and oxygen atoms in total. The highest BCUT2D eigenvalue weighted by Crippen LogP contribution is 2.42. The van der Waals surface area contributed by atoms with Gasteiger partial charge in [0.15, 0.2) is 0 Å². The highest BCUT2D eigenvalue weighted by molar-refractivity contribution is 6.46. The normalized spacial score (nSPS) is 17.0. The number of Topliss-reactive ketones (excluding diaryl/α,β-unsaturated/α-hetero) is 1. The Kier molecular flexibility index (Phi) is 8.35. The average molecular weight is 570 g/mol. The molecule has 0 radical (unpaired) electrons. The van der Waals surface area contributed by atoms with Crippen LogP contribution < -0.4 is 4.74 Å². The zero-order valence-electron chi connectivity index (χ0n) is 25.3. The number of aliphatic hydroxyl groups is 1. The Labute approximate surface area is 247 Å². The number of benzene rings is 3. The van der Waals surface area contributed by atoms with Crippen LogP contribution in [0.25, 0.3) is 5.76 Å². The molecule has 3 aromatic rings. The fraction of sp³-hybridized carbons (Fsp3) is 0.343. The second-order valence-corrected chi connectivity index (χ2v) is 12.7. The molecule has 1 aliphatic heterocycles. The number of hydrogen-bond donors (Lipinski definition) is 2. The van der Waals surface area contributed by atoms with Gasteiger partial charge in [0.25, 0.3) is 11.7 Å². The number of ketones is 1. The number of rotatable bonds is 7. The number of carboxylic acid groups (broad SMARTS) is 1. The quantitative estimate of drug-likeness (QED) is 0.180. The number of nitrogens with zero attached hydrogens (tertiary/aromatic N) is 1. The van der Waals surface area contributed by atoms with Gasteiger partial charge in [-0.15, -0.1) is 0 Å². The van der Waals surface area contributed by atoms with Crippen LogP contribution in [0.1, 0.15) is 92.7 Å². The highest BCUT2D eigenvalue weighted by atomic mass is 16.5. The average Bonchev–Trinajstić information content (AvgIpc) is 3.17. The molecule has 1 aliphatic rings. The van der Waals surface area contributed by atoms with Gasteiger partial charge in [-0.2, -0.15) is 0 Å². The van der Waals surface area contributed by atoms with E-state index < -0.39 is 23.7 Å². The number of carboxylic acids is 1. The maximum atomic E-state index is 13.6. The summed E-state index contributed by atoms with van der Waals surface area (Å²) in [6.45, 7) is 14.9. The van der Waals surface area contributed by atoms with E-state index in [4.69, 9.17) is 4.74 Å². The van der Waals surface area contributed by atoms with Crippen LogP contribution in [0.4, 0.5) is 0 Å². The van der Waals surface area contributed by atoms with Crippen LogP contribution in [0, 0.1) is 0 Å². The third kappa shape index (κ3) is 6.10. The van der Waals surface area contributed by atoms with E-state index in [1.54, 1.807) is 24.3 Å². The highest BCUT2D eigenvalue weighted by Gasteiger charge is 2.46. The molecule has 0 bridgehead atoms. The fourth-order valence-electron chi connectivity index (χ4n) is 5.20. The number of hydrogen-bond acceptors (Lipinski definition) is 5. The predicted octanol–water partition coefficient (Wildman–Crippen LogP) is 7.00. The molecule has 1 heterocycles. The number of aromatic carboxylic acids is 1. The molecule has 220 valence electrons. The minimum absolute atomic E-state index is 0.00897. The standard InChI is InChI=1S/C35H39NO6/c1-8-42-27-18-15-24(19-26(27)35(5,6)7)30(37)28-29(22-13-16-25(17-14-22)34(2,3)4)36(32(39)31(28)38)20-21-9-11-23(12-10-21)33(40)41/h9-19,29,37H,8,20H2,1-7H3,(H,40,41)/b30-28-. The van der Waals surface area contributed by atoms with Crippen LogP contribution in [0.15, 0.2) is 72.3 Å². The van der Waals surface area contributed by atoms with Gasteiger partial charge < -0.3 is 19.8 Å². The number of ether oxygens (including phenoxy) is 1. The number of aliphatic hydroxyl groups excluding tert-OH is 1. The smallest absolute Gasteiger partial charge is 0.335 e. The lowest BCUT2D eigenvalue weighted by Crippen LogP contribution is -2.29. The van der Waals surface area contributed by atoms with E-state index in [-0.39, 0.29) is 34.3 Å². The topological polar surface area (TPSA) is 104 Å². The second-order valence-electron chi connectivity index (χ2n) is 12.7. The molecular formula is C35H39NO6. The van der Waals surface area contributed by atoms with Crippen LogP contribution in [0.3, 0.4) is 0 Å². The lowest BCUT2D eigenvalue weighted by Gasteiger charge is -2.27. The SMILES string of the molecule is CCOc1ccc(/C(O)=C2/C(=O)C(=O)N(Cc3ccc(C(=O)O)cc3)C2c2ccc(C(C)(C)C)cc2)cc1C(C)(C)C. The summed E-state index contributed by atoms with van der Waals surface area (Å²) in [5.41, 5.74) is 3.46. The molecule has 0 aliphatic carbocycles. The third-order valence-corrected chi connectivity index (χ3v) is 7.55.